The Labute approximate surface area is 224 Å². The minimum Gasteiger partial charge on any atom is -0.494 e. The van der Waals surface area contributed by atoms with Gasteiger partial charge in [-0.3, -0.25) is 14.9 Å². The van der Waals surface area contributed by atoms with E-state index in [0.717, 1.165) is 22.1 Å². The molecule has 1 aliphatic rings. The summed E-state index contributed by atoms with van der Waals surface area (Å²) in [5, 5.41) is 3.86. The fourth-order valence-electron chi connectivity index (χ4n) is 4.29. The molecule has 0 aliphatic carbocycles. The number of amides is 4. The van der Waals surface area contributed by atoms with E-state index in [1.54, 1.807) is 42.5 Å². The molecular weight excluding hydrogens is 499 g/mol. The van der Waals surface area contributed by atoms with E-state index in [-0.39, 0.29) is 18.0 Å². The number of benzene rings is 4. The first-order valence-electron chi connectivity index (χ1n) is 12.5. The number of hydrogen-bond acceptors (Lipinski definition) is 5. The number of nitrogens with one attached hydrogen (secondary N) is 1. The molecule has 4 amide bonds. The number of ether oxygens (including phenoxy) is 2. The monoisotopic (exact) mass is 524 g/mol. The van der Waals surface area contributed by atoms with Crippen LogP contribution in [0.2, 0.25) is 0 Å². The number of hydrogen-bond donors (Lipinski definition) is 1. The summed E-state index contributed by atoms with van der Waals surface area (Å²) in [6.45, 7) is 2.60. The summed E-state index contributed by atoms with van der Waals surface area (Å²) in [5.41, 5.74) is 1.17. The minimum atomic E-state index is -0.843. The first-order chi connectivity index (χ1) is 18.9. The van der Waals surface area contributed by atoms with Crippen LogP contribution in [-0.2, 0) is 16.2 Å². The number of rotatable bonds is 8. The second kappa shape index (κ2) is 11.2. The van der Waals surface area contributed by atoms with E-state index in [9.17, 15) is 18.8 Å². The second-order valence-corrected chi connectivity index (χ2v) is 8.92. The number of halogens is 1. The first-order valence-corrected chi connectivity index (χ1v) is 12.5. The van der Waals surface area contributed by atoms with Crippen LogP contribution in [0.3, 0.4) is 0 Å². The molecule has 0 spiro atoms. The lowest BCUT2D eigenvalue weighted by Crippen LogP contribution is -2.54. The molecule has 4 aromatic carbocycles. The van der Waals surface area contributed by atoms with Gasteiger partial charge in [0.2, 0.25) is 0 Å². The molecule has 39 heavy (non-hydrogen) atoms. The summed E-state index contributed by atoms with van der Waals surface area (Å²) in [6.07, 6.45) is 2.27. The third kappa shape index (κ3) is 5.50. The Kier molecular flexibility index (Phi) is 7.36. The van der Waals surface area contributed by atoms with E-state index in [1.165, 1.54) is 18.2 Å². The molecule has 0 aromatic heterocycles. The normalized spacial score (nSPS) is 14.6. The predicted molar refractivity (Wildman–Crippen MR) is 146 cm³/mol. The van der Waals surface area contributed by atoms with Crippen LogP contribution in [0.5, 0.6) is 11.5 Å². The lowest BCUT2D eigenvalue weighted by molar-refractivity contribution is -0.122. The maximum atomic E-state index is 13.7. The van der Waals surface area contributed by atoms with Crippen molar-refractivity contribution in [1.82, 2.24) is 5.32 Å². The van der Waals surface area contributed by atoms with Gasteiger partial charge < -0.3 is 9.47 Å². The maximum Gasteiger partial charge on any atom is 0.335 e. The third-order valence-electron chi connectivity index (χ3n) is 6.17. The number of barbiturate groups is 1. The van der Waals surface area contributed by atoms with Gasteiger partial charge in [0.25, 0.3) is 11.8 Å². The second-order valence-electron chi connectivity index (χ2n) is 8.92. The van der Waals surface area contributed by atoms with Crippen molar-refractivity contribution < 1.29 is 28.2 Å². The standard InChI is InChI=1S/C31H25FN2O5/c1-2-16-38-24-13-11-23(12-14-24)34-30(36)27(29(35)33-31(34)37)18-26-25-9-4-3-7-21(25)10-15-28(26)39-19-20-6-5-8-22(32)17-20/h3-15,17-18H,2,16,19H2,1H3,(H,33,35,37)/b27-18-. The maximum absolute atomic E-state index is 13.7. The average Bonchev–Trinajstić information content (AvgIpc) is 2.94. The lowest BCUT2D eigenvalue weighted by atomic mass is 9.99. The summed E-state index contributed by atoms with van der Waals surface area (Å²) < 4.78 is 25.3. The Bertz CT molecular complexity index is 1600. The van der Waals surface area contributed by atoms with Crippen LogP contribution in [0.15, 0.2) is 90.5 Å². The van der Waals surface area contributed by atoms with Crippen LogP contribution in [0.25, 0.3) is 16.8 Å². The molecule has 1 heterocycles. The highest BCUT2D eigenvalue weighted by atomic mass is 19.1. The molecule has 0 bridgehead atoms. The highest BCUT2D eigenvalue weighted by molar-refractivity contribution is 6.39. The van der Waals surface area contributed by atoms with Crippen molar-refractivity contribution in [2.24, 2.45) is 0 Å². The third-order valence-corrected chi connectivity index (χ3v) is 6.17. The minimum absolute atomic E-state index is 0.0729. The van der Waals surface area contributed by atoms with Crippen molar-refractivity contribution in [2.45, 2.75) is 20.0 Å². The van der Waals surface area contributed by atoms with E-state index >= 15 is 0 Å². The summed E-state index contributed by atoms with van der Waals surface area (Å²) >= 11 is 0. The van der Waals surface area contributed by atoms with E-state index in [1.807, 2.05) is 37.3 Å². The molecule has 196 valence electrons. The summed E-state index contributed by atoms with van der Waals surface area (Å²) in [5.74, 6) is -0.959. The van der Waals surface area contributed by atoms with Gasteiger partial charge in [0, 0.05) is 5.56 Å². The highest BCUT2D eigenvalue weighted by Crippen LogP contribution is 2.32. The van der Waals surface area contributed by atoms with Crippen LogP contribution >= 0.6 is 0 Å². The van der Waals surface area contributed by atoms with Crippen LogP contribution < -0.4 is 19.7 Å². The van der Waals surface area contributed by atoms with Gasteiger partial charge in [-0.2, -0.15) is 0 Å². The molecule has 1 fully saturated rings. The quantitative estimate of drug-likeness (QED) is 0.225. The average molecular weight is 525 g/mol. The van der Waals surface area contributed by atoms with Crippen molar-refractivity contribution in [1.29, 1.82) is 0 Å². The first kappa shape index (κ1) is 25.7. The fourth-order valence-corrected chi connectivity index (χ4v) is 4.29. The van der Waals surface area contributed by atoms with Crippen LogP contribution in [0, 0.1) is 5.82 Å². The molecular formula is C31H25FN2O5. The molecule has 8 heteroatoms. The topological polar surface area (TPSA) is 84.9 Å². The van der Waals surface area contributed by atoms with E-state index in [2.05, 4.69) is 5.32 Å². The lowest BCUT2D eigenvalue weighted by Gasteiger charge is -2.26. The van der Waals surface area contributed by atoms with Gasteiger partial charge in [0.05, 0.1) is 12.3 Å². The summed E-state index contributed by atoms with van der Waals surface area (Å²) in [6, 6.07) is 22.8. The molecule has 0 radical (unpaired) electrons. The van der Waals surface area contributed by atoms with Crippen molar-refractivity contribution in [2.75, 3.05) is 11.5 Å². The van der Waals surface area contributed by atoms with Crippen molar-refractivity contribution in [3.63, 3.8) is 0 Å². The molecule has 7 nitrogen and oxygen atoms in total. The van der Waals surface area contributed by atoms with Gasteiger partial charge in [0.15, 0.2) is 0 Å². The molecule has 0 unspecified atom stereocenters. The van der Waals surface area contributed by atoms with E-state index in [0.29, 0.717) is 34.9 Å². The van der Waals surface area contributed by atoms with E-state index < -0.39 is 17.8 Å². The Morgan fingerprint density at radius 3 is 2.46 bits per heavy atom. The van der Waals surface area contributed by atoms with Crippen LogP contribution in [0.1, 0.15) is 24.5 Å². The zero-order valence-corrected chi connectivity index (χ0v) is 21.1. The van der Waals surface area contributed by atoms with Crippen molar-refractivity contribution >= 4 is 40.4 Å². The SMILES string of the molecule is CCCOc1ccc(N2C(=O)NC(=O)/C(=C/c3c(OCc4cccc(F)c4)ccc4ccccc34)C2=O)cc1. The molecule has 0 saturated carbocycles. The Morgan fingerprint density at radius 1 is 0.897 bits per heavy atom. The Balaban J connectivity index is 1.52. The Morgan fingerprint density at radius 2 is 1.69 bits per heavy atom. The number of carbonyl (C=O) groups excluding carboxylic acids is 3. The van der Waals surface area contributed by atoms with Crippen LogP contribution in [-0.4, -0.2) is 24.5 Å². The fraction of sp³-hybridized carbons (Fsp3) is 0.129. The van der Waals surface area contributed by atoms with Gasteiger partial charge in [0.1, 0.15) is 29.5 Å². The van der Waals surface area contributed by atoms with E-state index in [4.69, 9.17) is 9.47 Å². The molecule has 4 aromatic rings. The van der Waals surface area contributed by atoms with Gasteiger partial charge in [-0.1, -0.05) is 49.4 Å². The number of anilines is 1. The zero-order valence-electron chi connectivity index (χ0n) is 21.1. The number of urea groups is 1. The molecule has 1 aliphatic heterocycles. The van der Waals surface area contributed by atoms with Gasteiger partial charge in [-0.05, 0) is 71.3 Å². The van der Waals surface area contributed by atoms with Crippen LogP contribution in [0.4, 0.5) is 14.9 Å². The van der Waals surface area contributed by atoms with Gasteiger partial charge in [-0.15, -0.1) is 0 Å². The summed E-state index contributed by atoms with van der Waals surface area (Å²) in [7, 11) is 0. The smallest absolute Gasteiger partial charge is 0.335 e. The molecule has 0 atom stereocenters. The summed E-state index contributed by atoms with van der Waals surface area (Å²) in [4.78, 5) is 40.0. The van der Waals surface area contributed by atoms with Crippen molar-refractivity contribution in [3.8, 4) is 11.5 Å². The number of imide groups is 2. The van der Waals surface area contributed by atoms with Crippen molar-refractivity contribution in [3.05, 3.63) is 107 Å². The van der Waals surface area contributed by atoms with Gasteiger partial charge in [-0.25, -0.2) is 14.1 Å². The Hall–Kier alpha value is -4.98. The predicted octanol–water partition coefficient (Wildman–Crippen LogP) is 6.01. The molecule has 1 saturated heterocycles. The van der Waals surface area contributed by atoms with Gasteiger partial charge >= 0.3 is 6.03 Å². The molecule has 5 rings (SSSR count). The molecule has 1 N–H and O–H groups in total. The number of nitrogens with zero attached hydrogens (tertiary/aromatic N) is 1. The number of fused-ring (bicyclic) bond motifs is 1. The largest absolute Gasteiger partial charge is 0.494 e. The highest BCUT2D eigenvalue weighted by Gasteiger charge is 2.37. The zero-order chi connectivity index (χ0) is 27.4. The number of carbonyl (C=O) groups is 3.